The van der Waals surface area contributed by atoms with Crippen molar-refractivity contribution >= 4 is 79.0 Å². The summed E-state index contributed by atoms with van der Waals surface area (Å²) in [6.07, 6.45) is 0. The number of aromatic nitrogens is 1. The van der Waals surface area contributed by atoms with E-state index in [4.69, 9.17) is 5.48 Å². The van der Waals surface area contributed by atoms with E-state index in [2.05, 4.69) is 207 Å². The maximum absolute atomic E-state index is 9.71. The molecule has 3 nitrogen and oxygen atoms in total. The summed E-state index contributed by atoms with van der Waals surface area (Å²) in [6, 6.07) is 73.5. The van der Waals surface area contributed by atoms with E-state index in [9.17, 15) is 5.48 Å². The van der Waals surface area contributed by atoms with Gasteiger partial charge in [-0.1, -0.05) is 234 Å². The van der Waals surface area contributed by atoms with Crippen LogP contribution in [0.25, 0.3) is 49.7 Å². The van der Waals surface area contributed by atoms with Crippen LogP contribution in [-0.4, -0.2) is 11.3 Å². The van der Waals surface area contributed by atoms with Gasteiger partial charge in [0, 0.05) is 55.7 Å². The number of nitrogens with zero attached hydrogens (tertiary/aromatic N) is 3. The fourth-order valence-corrected chi connectivity index (χ4v) is 12.0. The summed E-state index contributed by atoms with van der Waals surface area (Å²) >= 11 is 0. The van der Waals surface area contributed by atoms with E-state index in [0.29, 0.717) is 5.69 Å². The van der Waals surface area contributed by atoms with Gasteiger partial charge in [0.15, 0.2) is 0 Å². The lowest BCUT2D eigenvalue weighted by molar-refractivity contribution is 0.641. The standard InChI is InChI=1S/C72H56BN3/c1-71(2,53-25-13-7-14-26-53)55-37-43-62-66(45-55)74(57-39-33-51(34-40-57)49-21-9-5-10-22-49)68-47-59(76-64-31-19-17-29-60(64)61-30-18-20-32-65(61)76)48-69-70(68)73(62)63-44-38-56(72(3,4)54-27-15-8-16-28-54)46-67(63)75(69)58-41-35-52(36-42-58)50-23-11-6-12-24-50/h5-48H,1-4H3/i17D,18D,19D,20D,29D,30D,31D,32D. The smallest absolute Gasteiger partial charge is 0.252 e. The number of hydrogen-bond acceptors (Lipinski definition) is 2. The van der Waals surface area contributed by atoms with Crippen molar-refractivity contribution < 1.29 is 11.0 Å². The molecule has 1 aromatic heterocycles. The average molecular weight is 982 g/mol. The Labute approximate surface area is 457 Å². The second-order valence-electron chi connectivity index (χ2n) is 21.1. The van der Waals surface area contributed by atoms with E-state index < -0.39 is 35.0 Å². The van der Waals surface area contributed by atoms with Crippen LogP contribution in [-0.2, 0) is 10.8 Å². The van der Waals surface area contributed by atoms with Gasteiger partial charge in [-0.25, -0.2) is 0 Å². The predicted octanol–water partition coefficient (Wildman–Crippen LogP) is 16.9. The Morgan fingerprint density at radius 1 is 0.342 bits per heavy atom. The normalized spacial score (nSPS) is 14.4. The van der Waals surface area contributed by atoms with Crippen LogP contribution in [0, 0.1) is 0 Å². The molecule has 0 atom stereocenters. The highest BCUT2D eigenvalue weighted by molar-refractivity contribution is 7.00. The second kappa shape index (κ2) is 17.8. The van der Waals surface area contributed by atoms with E-state index in [-0.39, 0.29) is 52.7 Å². The van der Waals surface area contributed by atoms with Gasteiger partial charge >= 0.3 is 0 Å². The van der Waals surface area contributed by atoms with Crippen LogP contribution in [0.3, 0.4) is 0 Å². The fraction of sp³-hybridized carbons (Fsp3) is 0.0833. The number of fused-ring (bicyclic) bond motifs is 7. The third-order valence-corrected chi connectivity index (χ3v) is 16.2. The fourth-order valence-electron chi connectivity index (χ4n) is 12.0. The lowest BCUT2D eigenvalue weighted by atomic mass is 9.33. The molecule has 0 fully saturated rings. The highest BCUT2D eigenvalue weighted by atomic mass is 15.2. The van der Waals surface area contributed by atoms with Crippen molar-refractivity contribution in [2.24, 2.45) is 0 Å². The van der Waals surface area contributed by atoms with Crippen molar-refractivity contribution in [2.75, 3.05) is 9.80 Å². The SMILES string of the molecule is [2H]c1c([2H])c([2H])c2c(c1[2H])c1c([2H])c([2H])c([2H])c([2H])c1n2-c1cc2c3c(c1)N(c1ccc(-c4ccccc4)cc1)c1cc(C(C)(C)c4ccccc4)ccc1B3c1ccc(C(C)(C)c3ccccc3)cc1N2c1ccc(-c2ccccc2)cc1. The van der Waals surface area contributed by atoms with Crippen LogP contribution in [0.4, 0.5) is 34.1 Å². The minimum Gasteiger partial charge on any atom is -0.311 e. The van der Waals surface area contributed by atoms with E-state index in [1.165, 1.54) is 0 Å². The topological polar surface area (TPSA) is 11.4 Å². The first-order valence-corrected chi connectivity index (χ1v) is 26.0. The van der Waals surface area contributed by atoms with Gasteiger partial charge in [-0.2, -0.15) is 0 Å². The summed E-state index contributed by atoms with van der Waals surface area (Å²) in [6.45, 7) is 8.69. The van der Waals surface area contributed by atoms with Crippen LogP contribution in [0.5, 0.6) is 0 Å². The van der Waals surface area contributed by atoms with Gasteiger partial charge in [-0.3, -0.25) is 0 Å². The maximum atomic E-state index is 9.71. The third-order valence-electron chi connectivity index (χ3n) is 16.2. The molecule has 76 heavy (non-hydrogen) atoms. The predicted molar refractivity (Wildman–Crippen MR) is 323 cm³/mol. The second-order valence-corrected chi connectivity index (χ2v) is 21.1. The summed E-state index contributed by atoms with van der Waals surface area (Å²) in [5.41, 5.74) is 16.9. The molecule has 0 saturated carbocycles. The third kappa shape index (κ3) is 7.27. The minimum atomic E-state index is -0.491. The molecule has 0 aliphatic carbocycles. The van der Waals surface area contributed by atoms with Crippen LogP contribution >= 0.6 is 0 Å². The summed E-state index contributed by atoms with van der Waals surface area (Å²) in [5.74, 6) is 0. The molecule has 0 radical (unpaired) electrons. The number of rotatable bonds is 9. The average Bonchev–Trinajstić information content (AvgIpc) is 1.25. The molecular weight excluding hydrogens is 918 g/mol. The molecule has 362 valence electrons. The Kier molecular flexibility index (Phi) is 8.80. The zero-order chi connectivity index (χ0) is 58.1. The van der Waals surface area contributed by atoms with E-state index in [1.807, 2.05) is 48.5 Å². The van der Waals surface area contributed by atoms with Gasteiger partial charge in [-0.15, -0.1) is 0 Å². The summed E-state index contributed by atoms with van der Waals surface area (Å²) in [4.78, 5) is 4.64. The van der Waals surface area contributed by atoms with E-state index in [1.54, 1.807) is 4.57 Å². The van der Waals surface area contributed by atoms with Gasteiger partial charge in [-0.05, 0) is 122 Å². The molecular formula is C72H56BN3. The Morgan fingerprint density at radius 2 is 0.711 bits per heavy atom. The molecule has 0 saturated heterocycles. The van der Waals surface area contributed by atoms with Crippen LogP contribution in [0.1, 0.15) is 60.9 Å². The van der Waals surface area contributed by atoms with Crippen molar-refractivity contribution in [1.82, 2.24) is 4.57 Å². The number of anilines is 6. The summed E-state index contributed by atoms with van der Waals surface area (Å²) in [7, 11) is 0. The number of hydrogen-bond donors (Lipinski definition) is 0. The molecule has 0 spiro atoms. The highest BCUT2D eigenvalue weighted by Crippen LogP contribution is 2.49. The van der Waals surface area contributed by atoms with Gasteiger partial charge in [0.25, 0.3) is 6.71 Å². The lowest BCUT2D eigenvalue weighted by Gasteiger charge is -2.45. The van der Waals surface area contributed by atoms with Crippen LogP contribution in [0.2, 0.25) is 0 Å². The molecule has 0 bridgehead atoms. The largest absolute Gasteiger partial charge is 0.311 e. The Bertz CT molecular complexity index is 4340. The first kappa shape index (κ1) is 37.6. The van der Waals surface area contributed by atoms with E-state index >= 15 is 0 Å². The zero-order valence-electron chi connectivity index (χ0n) is 50.7. The van der Waals surface area contributed by atoms with Crippen molar-refractivity contribution in [1.29, 1.82) is 0 Å². The Balaban J connectivity index is 1.14. The first-order valence-electron chi connectivity index (χ1n) is 30.0. The quantitative estimate of drug-likeness (QED) is 0.134. The highest BCUT2D eigenvalue weighted by Gasteiger charge is 2.45. The van der Waals surface area contributed by atoms with E-state index in [0.717, 1.165) is 95.0 Å². The monoisotopic (exact) mass is 982 g/mol. The van der Waals surface area contributed by atoms with Crippen LogP contribution in [0.15, 0.2) is 267 Å². The zero-order valence-corrected chi connectivity index (χ0v) is 42.7. The summed E-state index contributed by atoms with van der Waals surface area (Å²) < 4.78 is 76.1. The van der Waals surface area contributed by atoms with Gasteiger partial charge in [0.05, 0.1) is 27.7 Å². The molecule has 2 aliphatic heterocycles. The van der Waals surface area contributed by atoms with Gasteiger partial charge in [0.1, 0.15) is 0 Å². The molecule has 2 aliphatic rings. The molecule has 0 amide bonds. The Morgan fingerprint density at radius 3 is 1.12 bits per heavy atom. The molecule has 0 unspecified atom stereocenters. The molecule has 4 heteroatoms. The molecule has 12 aromatic rings. The van der Waals surface area contributed by atoms with Gasteiger partial charge in [0.2, 0.25) is 0 Å². The van der Waals surface area contributed by atoms with Crippen molar-refractivity contribution in [3.8, 4) is 27.9 Å². The number of para-hydroxylation sites is 2. The van der Waals surface area contributed by atoms with Crippen molar-refractivity contribution in [3.05, 3.63) is 289 Å². The van der Waals surface area contributed by atoms with Crippen molar-refractivity contribution in [3.63, 3.8) is 0 Å². The molecule has 11 aromatic carbocycles. The number of benzene rings is 11. The maximum Gasteiger partial charge on any atom is 0.252 e. The molecule has 3 heterocycles. The lowest BCUT2D eigenvalue weighted by Crippen LogP contribution is -2.61. The first-order chi connectivity index (χ1) is 40.5. The minimum absolute atomic E-state index is 0.0187. The van der Waals surface area contributed by atoms with Gasteiger partial charge < -0.3 is 14.4 Å². The summed E-state index contributed by atoms with van der Waals surface area (Å²) in [5, 5.41) is 0.0374. The molecule has 0 N–H and O–H groups in total. The Hall–Kier alpha value is -9.12. The van der Waals surface area contributed by atoms with Crippen molar-refractivity contribution in [2.45, 2.75) is 38.5 Å². The molecule has 14 rings (SSSR count). The van der Waals surface area contributed by atoms with Crippen LogP contribution < -0.4 is 26.2 Å².